The lowest BCUT2D eigenvalue weighted by Crippen LogP contribution is -2.64. The van der Waals surface area contributed by atoms with E-state index in [2.05, 4.69) is 9.88 Å². The third-order valence-corrected chi connectivity index (χ3v) is 8.09. The monoisotopic (exact) mass is 578 g/mol. The fourth-order valence-corrected chi connectivity index (χ4v) is 5.77. The van der Waals surface area contributed by atoms with Gasteiger partial charge in [0.1, 0.15) is 5.60 Å². The van der Waals surface area contributed by atoms with Crippen LogP contribution in [0.25, 0.3) is 0 Å². The fraction of sp³-hybridized carbons (Fsp3) is 0.724. The first-order valence-corrected chi connectivity index (χ1v) is 14.2. The molecule has 3 aliphatic rings. The van der Waals surface area contributed by atoms with Gasteiger partial charge in [0.15, 0.2) is 0 Å². The Bertz CT molecular complexity index is 1180. The van der Waals surface area contributed by atoms with Crippen LogP contribution in [-0.2, 0) is 25.7 Å². The van der Waals surface area contributed by atoms with E-state index in [1.165, 1.54) is 12.3 Å². The summed E-state index contributed by atoms with van der Waals surface area (Å²) in [5.41, 5.74) is -0.338. The Morgan fingerprint density at radius 3 is 2.44 bits per heavy atom. The molecule has 41 heavy (non-hydrogen) atoms. The minimum Gasteiger partial charge on any atom is -0.444 e. The molecule has 10 nitrogen and oxygen atoms in total. The topological polar surface area (TPSA) is 89.5 Å². The van der Waals surface area contributed by atoms with Crippen molar-refractivity contribution in [1.82, 2.24) is 24.6 Å². The van der Waals surface area contributed by atoms with Gasteiger partial charge in [0.2, 0.25) is 11.8 Å². The molecule has 0 unspecified atom stereocenters. The number of aromatic nitrogens is 1. The normalized spacial score (nSPS) is 24.0. The summed E-state index contributed by atoms with van der Waals surface area (Å²) >= 11 is 0. The van der Waals surface area contributed by atoms with Gasteiger partial charge < -0.3 is 19.4 Å². The number of hydrogen-bond donors (Lipinski definition) is 0. The van der Waals surface area contributed by atoms with Gasteiger partial charge in [-0.15, -0.1) is 0 Å². The van der Waals surface area contributed by atoms with Crippen LogP contribution in [0.3, 0.4) is 0 Å². The molecular formula is C29H44F2N6O4. The van der Waals surface area contributed by atoms with Crippen molar-refractivity contribution in [2.75, 3.05) is 64.3 Å². The van der Waals surface area contributed by atoms with Crippen molar-refractivity contribution in [2.45, 2.75) is 77.5 Å². The lowest BCUT2D eigenvalue weighted by Gasteiger charge is -2.47. The summed E-state index contributed by atoms with van der Waals surface area (Å²) in [5, 5.41) is 0. The maximum atomic E-state index is 14.2. The number of pyridine rings is 1. The van der Waals surface area contributed by atoms with Crippen LogP contribution in [0.2, 0.25) is 0 Å². The molecule has 4 rings (SSSR count). The lowest BCUT2D eigenvalue weighted by molar-refractivity contribution is -0.135. The summed E-state index contributed by atoms with van der Waals surface area (Å²) in [6.45, 7) is 15.3. The van der Waals surface area contributed by atoms with E-state index in [-0.39, 0.29) is 42.6 Å². The highest BCUT2D eigenvalue weighted by atomic mass is 19.3. The molecule has 0 spiro atoms. The molecule has 3 amide bonds. The number of likely N-dealkylation sites (N-methyl/N-ethyl adjacent to an activating group) is 1. The van der Waals surface area contributed by atoms with Crippen LogP contribution in [0, 0.1) is 0 Å². The first-order valence-electron chi connectivity index (χ1n) is 14.2. The van der Waals surface area contributed by atoms with Crippen LogP contribution in [0.4, 0.5) is 19.3 Å². The van der Waals surface area contributed by atoms with Crippen molar-refractivity contribution < 1.29 is 27.9 Å². The number of carbonyl (C=O) groups is 3. The van der Waals surface area contributed by atoms with E-state index in [4.69, 9.17) is 4.74 Å². The van der Waals surface area contributed by atoms with Crippen LogP contribution in [0.5, 0.6) is 0 Å². The maximum Gasteiger partial charge on any atom is 0.410 e. The first-order chi connectivity index (χ1) is 18.9. The molecule has 0 saturated carbocycles. The van der Waals surface area contributed by atoms with E-state index in [1.54, 1.807) is 21.7 Å². The maximum absolute atomic E-state index is 14.2. The number of rotatable bonds is 5. The van der Waals surface area contributed by atoms with Gasteiger partial charge in [-0.25, -0.2) is 13.6 Å². The van der Waals surface area contributed by atoms with Crippen LogP contribution in [-0.4, -0.2) is 120 Å². The molecule has 4 heterocycles. The van der Waals surface area contributed by atoms with Gasteiger partial charge in [-0.2, -0.15) is 0 Å². The molecule has 0 bridgehead atoms. The second-order valence-corrected chi connectivity index (χ2v) is 13.5. The van der Waals surface area contributed by atoms with Crippen molar-refractivity contribution in [3.63, 3.8) is 0 Å². The largest absolute Gasteiger partial charge is 0.444 e. The van der Waals surface area contributed by atoms with Crippen molar-refractivity contribution >= 4 is 23.6 Å². The molecular weight excluding hydrogens is 534 g/mol. The highest BCUT2D eigenvalue weighted by molar-refractivity contribution is 5.97. The zero-order valence-electron chi connectivity index (χ0n) is 25.5. The standard InChI is InChI=1S/C29H44F2N6O4/c1-19-13-35(17-24(39)37-18-28(5,6)25-22(37)11-20(12-32-25)29(7,30)31)21(14-34-10-9-33(8)23(38)16-34)15-36(19)26(40)41-27(2,3)4/h11-12,19,21H,9-10,13-18H2,1-8H3/t19-,21+/m1/s1. The number of fused-ring (bicyclic) bond motifs is 1. The third-order valence-electron chi connectivity index (χ3n) is 8.09. The highest BCUT2D eigenvalue weighted by Crippen LogP contribution is 2.41. The van der Waals surface area contributed by atoms with E-state index in [9.17, 15) is 23.2 Å². The molecule has 228 valence electrons. The Hall–Kier alpha value is -2.86. The number of hydrogen-bond acceptors (Lipinski definition) is 7. The summed E-state index contributed by atoms with van der Waals surface area (Å²) in [7, 11) is 1.78. The van der Waals surface area contributed by atoms with E-state index in [0.29, 0.717) is 50.6 Å². The Morgan fingerprint density at radius 1 is 1.15 bits per heavy atom. The molecule has 1 aromatic rings. The van der Waals surface area contributed by atoms with Gasteiger partial charge in [-0.3, -0.25) is 24.4 Å². The molecule has 1 aromatic heterocycles. The molecule has 0 radical (unpaired) electrons. The number of piperazine rings is 2. The Morgan fingerprint density at radius 2 is 1.83 bits per heavy atom. The van der Waals surface area contributed by atoms with E-state index >= 15 is 0 Å². The predicted octanol–water partition coefficient (Wildman–Crippen LogP) is 2.90. The number of carbonyl (C=O) groups excluding carboxylic acids is 3. The van der Waals surface area contributed by atoms with Crippen molar-refractivity contribution in [3.05, 3.63) is 23.5 Å². The SMILES string of the molecule is C[C@@H]1CN(CC(=O)N2CC(C)(C)c3ncc(C(C)(F)F)cc32)[C@@H](CN2CCN(C)C(=O)C2)CN1C(=O)OC(C)(C)C. The summed E-state index contributed by atoms with van der Waals surface area (Å²) in [4.78, 5) is 52.8. The van der Waals surface area contributed by atoms with Crippen molar-refractivity contribution in [3.8, 4) is 0 Å². The van der Waals surface area contributed by atoms with Gasteiger partial charge in [-0.05, 0) is 33.8 Å². The molecule has 0 aromatic carbocycles. The number of halogens is 2. The number of ether oxygens (including phenoxy) is 1. The molecule has 2 saturated heterocycles. The molecule has 12 heteroatoms. The minimum atomic E-state index is -3.08. The molecule has 0 aliphatic carbocycles. The molecule has 2 atom stereocenters. The molecule has 2 fully saturated rings. The van der Waals surface area contributed by atoms with Crippen molar-refractivity contribution in [2.24, 2.45) is 0 Å². The van der Waals surface area contributed by atoms with Gasteiger partial charge >= 0.3 is 6.09 Å². The quantitative estimate of drug-likeness (QED) is 0.531. The summed E-state index contributed by atoms with van der Waals surface area (Å²) < 4.78 is 34.0. The van der Waals surface area contributed by atoms with Gasteiger partial charge in [0.25, 0.3) is 5.92 Å². The Balaban J connectivity index is 1.57. The average molecular weight is 579 g/mol. The molecule has 3 aliphatic heterocycles. The highest BCUT2D eigenvalue weighted by Gasteiger charge is 2.43. The fourth-order valence-electron chi connectivity index (χ4n) is 5.77. The third kappa shape index (κ3) is 6.97. The zero-order chi connectivity index (χ0) is 30.5. The first kappa shape index (κ1) is 31.1. The number of amides is 3. The lowest BCUT2D eigenvalue weighted by atomic mass is 9.91. The summed E-state index contributed by atoms with van der Waals surface area (Å²) in [6.07, 6.45) is 0.782. The minimum absolute atomic E-state index is 0.0268. The molecule has 0 N–H and O–H groups in total. The summed E-state index contributed by atoms with van der Waals surface area (Å²) in [6, 6.07) is 0.918. The smallest absolute Gasteiger partial charge is 0.410 e. The van der Waals surface area contributed by atoms with Gasteiger partial charge in [0, 0.05) is 82.5 Å². The number of anilines is 1. The number of alkyl halides is 2. The van der Waals surface area contributed by atoms with Gasteiger partial charge in [0.05, 0.1) is 24.5 Å². The predicted molar refractivity (Wildman–Crippen MR) is 151 cm³/mol. The Kier molecular flexibility index (Phi) is 8.41. The number of nitrogens with zero attached hydrogens (tertiary/aromatic N) is 6. The zero-order valence-corrected chi connectivity index (χ0v) is 25.5. The average Bonchev–Trinajstić information content (AvgIpc) is 3.11. The van der Waals surface area contributed by atoms with Crippen LogP contribution in [0.15, 0.2) is 12.3 Å². The van der Waals surface area contributed by atoms with E-state index < -0.39 is 23.0 Å². The second kappa shape index (κ2) is 11.1. The summed E-state index contributed by atoms with van der Waals surface area (Å²) in [5.74, 6) is -3.27. The van der Waals surface area contributed by atoms with Crippen LogP contribution >= 0.6 is 0 Å². The Labute approximate surface area is 241 Å². The van der Waals surface area contributed by atoms with Crippen LogP contribution in [0.1, 0.15) is 59.7 Å². The van der Waals surface area contributed by atoms with E-state index in [1.807, 2.05) is 46.4 Å². The van der Waals surface area contributed by atoms with E-state index in [0.717, 1.165) is 6.92 Å². The van der Waals surface area contributed by atoms with Crippen molar-refractivity contribution in [1.29, 1.82) is 0 Å². The van der Waals surface area contributed by atoms with Gasteiger partial charge in [-0.1, -0.05) is 13.8 Å². The second-order valence-electron chi connectivity index (χ2n) is 13.5. The van der Waals surface area contributed by atoms with Crippen LogP contribution < -0.4 is 4.90 Å².